The number of hydrazone groups is 1. The molecule has 37 heavy (non-hydrogen) atoms. The van der Waals surface area contributed by atoms with Gasteiger partial charge in [-0.2, -0.15) is 5.10 Å². The van der Waals surface area contributed by atoms with Gasteiger partial charge >= 0.3 is 17.8 Å². The fraction of sp³-hybridized carbons (Fsp3) is 0.0400. The van der Waals surface area contributed by atoms with Gasteiger partial charge in [-0.3, -0.25) is 14.9 Å². The number of nitrogens with one attached hydrogen (secondary N) is 2. The smallest absolute Gasteiger partial charge is 0.343 e. The van der Waals surface area contributed by atoms with Crippen LogP contribution in [-0.2, 0) is 9.59 Å². The van der Waals surface area contributed by atoms with E-state index in [2.05, 4.69) is 42.0 Å². The van der Waals surface area contributed by atoms with Crippen molar-refractivity contribution in [2.24, 2.45) is 5.10 Å². The van der Waals surface area contributed by atoms with E-state index in [1.807, 2.05) is 30.3 Å². The number of hydrogen-bond acceptors (Lipinski definition) is 9. The number of aromatic nitrogens is 2. The Morgan fingerprint density at radius 1 is 0.946 bits per heavy atom. The Balaban J connectivity index is 1.33. The monoisotopic (exact) mass is 579 g/mol. The lowest BCUT2D eigenvalue weighted by molar-refractivity contribution is -0.136. The Labute approximate surface area is 223 Å². The van der Waals surface area contributed by atoms with Crippen LogP contribution in [0.5, 0.6) is 11.5 Å². The van der Waals surface area contributed by atoms with E-state index in [1.54, 1.807) is 36.4 Å². The van der Waals surface area contributed by atoms with Gasteiger partial charge in [0.1, 0.15) is 5.01 Å². The third-order valence-electron chi connectivity index (χ3n) is 4.70. The molecule has 0 radical (unpaired) electrons. The third kappa shape index (κ3) is 6.84. The summed E-state index contributed by atoms with van der Waals surface area (Å²) in [6, 6.07) is 20.8. The van der Waals surface area contributed by atoms with E-state index in [-0.39, 0.29) is 16.6 Å². The van der Waals surface area contributed by atoms with Crippen LogP contribution in [0.25, 0.3) is 10.6 Å². The molecule has 0 bridgehead atoms. The maximum atomic E-state index is 12.4. The molecule has 2 N–H and O–H groups in total. The second-order valence-electron chi connectivity index (χ2n) is 7.24. The molecule has 4 rings (SSSR count). The van der Waals surface area contributed by atoms with Gasteiger partial charge in [-0.1, -0.05) is 63.7 Å². The summed E-state index contributed by atoms with van der Waals surface area (Å²) in [5, 5.41) is 14.9. The van der Waals surface area contributed by atoms with Crippen molar-refractivity contribution in [1.82, 2.24) is 15.6 Å². The summed E-state index contributed by atoms with van der Waals surface area (Å²) in [6.07, 6.45) is 1.31. The number of amides is 2. The first-order chi connectivity index (χ1) is 17.9. The lowest BCUT2D eigenvalue weighted by Crippen LogP contribution is -2.32. The van der Waals surface area contributed by atoms with Gasteiger partial charge in [0.15, 0.2) is 11.5 Å². The van der Waals surface area contributed by atoms with Gasteiger partial charge in [-0.05, 0) is 42.0 Å². The fourth-order valence-corrected chi connectivity index (χ4v) is 4.11. The molecule has 4 aromatic rings. The molecule has 0 aliphatic heterocycles. The Morgan fingerprint density at radius 3 is 2.51 bits per heavy atom. The molecule has 0 saturated carbocycles. The normalized spacial score (nSPS) is 10.6. The lowest BCUT2D eigenvalue weighted by Gasteiger charge is -2.10. The van der Waals surface area contributed by atoms with Crippen LogP contribution in [0.3, 0.4) is 0 Å². The first-order valence-corrected chi connectivity index (χ1v) is 12.2. The van der Waals surface area contributed by atoms with Crippen molar-refractivity contribution in [1.29, 1.82) is 0 Å². The van der Waals surface area contributed by atoms with Crippen LogP contribution >= 0.6 is 27.3 Å². The highest BCUT2D eigenvalue weighted by Gasteiger charge is 2.16. The second kappa shape index (κ2) is 12.0. The van der Waals surface area contributed by atoms with E-state index >= 15 is 0 Å². The predicted octanol–water partition coefficient (Wildman–Crippen LogP) is 4.28. The maximum absolute atomic E-state index is 12.4. The van der Waals surface area contributed by atoms with E-state index in [0.29, 0.717) is 16.1 Å². The van der Waals surface area contributed by atoms with Crippen LogP contribution in [0.15, 0.2) is 82.4 Å². The summed E-state index contributed by atoms with van der Waals surface area (Å²) in [5.41, 5.74) is 3.88. The predicted molar refractivity (Wildman–Crippen MR) is 142 cm³/mol. The molecule has 1 heterocycles. The fourth-order valence-electron chi connectivity index (χ4n) is 2.96. The molecule has 0 aliphatic rings. The zero-order chi connectivity index (χ0) is 26.2. The number of halogens is 1. The van der Waals surface area contributed by atoms with E-state index in [0.717, 1.165) is 21.4 Å². The van der Waals surface area contributed by atoms with Crippen LogP contribution < -0.4 is 20.2 Å². The zero-order valence-electron chi connectivity index (χ0n) is 19.2. The number of methoxy groups -OCH3 is 1. The minimum atomic E-state index is -0.987. The number of esters is 1. The number of carbonyl (C=O) groups excluding carboxylic acids is 3. The number of ether oxygens (including phenoxy) is 2. The molecule has 12 heteroatoms. The molecule has 186 valence electrons. The summed E-state index contributed by atoms with van der Waals surface area (Å²) in [4.78, 5) is 36.7. The quantitative estimate of drug-likeness (QED) is 0.110. The minimum Gasteiger partial charge on any atom is -0.493 e. The minimum absolute atomic E-state index is 0.181. The highest BCUT2D eigenvalue weighted by atomic mass is 79.9. The molecule has 0 saturated heterocycles. The van der Waals surface area contributed by atoms with Gasteiger partial charge in [-0.15, -0.1) is 10.2 Å². The summed E-state index contributed by atoms with van der Waals surface area (Å²) >= 11 is 4.45. The number of benzene rings is 3. The number of anilines is 1. The average molecular weight is 580 g/mol. The van der Waals surface area contributed by atoms with Crippen molar-refractivity contribution in [3.05, 3.63) is 88.4 Å². The van der Waals surface area contributed by atoms with Crippen LogP contribution in [0.2, 0.25) is 0 Å². The molecular weight excluding hydrogens is 562 g/mol. The number of nitrogens with zero attached hydrogens (tertiary/aromatic N) is 3. The van der Waals surface area contributed by atoms with Gasteiger partial charge in [0.2, 0.25) is 5.13 Å². The topological polar surface area (TPSA) is 132 Å². The van der Waals surface area contributed by atoms with E-state index in [1.165, 1.54) is 19.4 Å². The molecule has 3 aromatic carbocycles. The van der Waals surface area contributed by atoms with E-state index in [9.17, 15) is 14.4 Å². The van der Waals surface area contributed by atoms with Crippen molar-refractivity contribution in [2.45, 2.75) is 0 Å². The summed E-state index contributed by atoms with van der Waals surface area (Å²) < 4.78 is 11.5. The van der Waals surface area contributed by atoms with Gasteiger partial charge in [0.05, 0.1) is 18.9 Å². The summed E-state index contributed by atoms with van der Waals surface area (Å²) in [6.45, 7) is 0. The number of hydrogen-bond donors (Lipinski definition) is 2. The summed E-state index contributed by atoms with van der Waals surface area (Å²) in [7, 11) is 1.43. The van der Waals surface area contributed by atoms with Crippen molar-refractivity contribution < 1.29 is 23.9 Å². The Kier molecular flexibility index (Phi) is 8.33. The van der Waals surface area contributed by atoms with Crippen LogP contribution in [0, 0.1) is 0 Å². The standard InChI is InChI=1S/C25H18BrN5O5S/c1-35-20-12-15(10-11-19(20)36-24(34)17-8-5-9-18(26)13-17)14-27-29-22(33)21(32)28-25-31-30-23(37-25)16-6-3-2-4-7-16/h2-14H,1H3,(H,29,33)(H,28,31,32). The maximum Gasteiger partial charge on any atom is 0.343 e. The molecule has 0 fully saturated rings. The average Bonchev–Trinajstić information content (AvgIpc) is 3.38. The molecular formula is C25H18BrN5O5S. The molecule has 10 nitrogen and oxygen atoms in total. The number of carbonyl (C=O) groups is 3. The van der Waals surface area contributed by atoms with E-state index < -0.39 is 17.8 Å². The largest absolute Gasteiger partial charge is 0.493 e. The third-order valence-corrected chi connectivity index (χ3v) is 6.08. The van der Waals surface area contributed by atoms with Crippen molar-refractivity contribution in [3.8, 4) is 22.1 Å². The molecule has 0 aliphatic carbocycles. The van der Waals surface area contributed by atoms with Crippen molar-refractivity contribution in [2.75, 3.05) is 12.4 Å². The molecule has 2 amide bonds. The molecule has 0 unspecified atom stereocenters. The SMILES string of the molecule is COc1cc(C=NNC(=O)C(=O)Nc2nnc(-c3ccccc3)s2)ccc1OC(=O)c1cccc(Br)c1. The van der Waals surface area contributed by atoms with Gasteiger partial charge in [-0.25, -0.2) is 10.2 Å². The first-order valence-electron chi connectivity index (χ1n) is 10.6. The second-order valence-corrected chi connectivity index (χ2v) is 9.14. The first kappa shape index (κ1) is 25.7. The van der Waals surface area contributed by atoms with Crippen molar-refractivity contribution >= 4 is 56.4 Å². The van der Waals surface area contributed by atoms with Crippen LogP contribution in [0.1, 0.15) is 15.9 Å². The lowest BCUT2D eigenvalue weighted by atomic mass is 10.2. The Hall–Kier alpha value is -4.42. The van der Waals surface area contributed by atoms with Crippen molar-refractivity contribution in [3.63, 3.8) is 0 Å². The Morgan fingerprint density at radius 2 is 1.76 bits per heavy atom. The van der Waals surface area contributed by atoms with Crippen LogP contribution in [-0.4, -0.2) is 41.3 Å². The summed E-state index contributed by atoms with van der Waals surface area (Å²) in [5.74, 6) is -1.99. The highest BCUT2D eigenvalue weighted by molar-refractivity contribution is 9.10. The zero-order valence-corrected chi connectivity index (χ0v) is 21.6. The molecule has 0 spiro atoms. The Bertz CT molecular complexity index is 1480. The van der Waals surface area contributed by atoms with Gasteiger partial charge in [0.25, 0.3) is 0 Å². The number of rotatable bonds is 7. The van der Waals surface area contributed by atoms with Gasteiger partial charge in [0, 0.05) is 10.0 Å². The highest BCUT2D eigenvalue weighted by Crippen LogP contribution is 2.29. The van der Waals surface area contributed by atoms with Gasteiger partial charge < -0.3 is 9.47 Å². The molecule has 0 atom stereocenters. The van der Waals surface area contributed by atoms with Crippen LogP contribution in [0.4, 0.5) is 5.13 Å². The molecule has 1 aromatic heterocycles. The van der Waals surface area contributed by atoms with E-state index in [4.69, 9.17) is 9.47 Å².